The smallest absolute Gasteiger partial charge is 0.304 e. The number of nitrogens with zero attached hydrogens (tertiary/aromatic N) is 2. The van der Waals surface area contributed by atoms with Gasteiger partial charge in [0.05, 0.1) is 13.0 Å². The van der Waals surface area contributed by atoms with Crippen molar-refractivity contribution < 1.29 is 18.8 Å². The van der Waals surface area contributed by atoms with Gasteiger partial charge >= 0.3 is 5.97 Å². The molecule has 5 nitrogen and oxygen atoms in total. The zero-order chi connectivity index (χ0) is 14.5. The highest BCUT2D eigenvalue weighted by atomic mass is 19.1. The Balaban J connectivity index is 1.98. The predicted molar refractivity (Wildman–Crippen MR) is 70.5 cm³/mol. The lowest BCUT2D eigenvalue weighted by Gasteiger charge is -2.12. The van der Waals surface area contributed by atoms with Crippen molar-refractivity contribution in [1.29, 1.82) is 0 Å². The summed E-state index contributed by atoms with van der Waals surface area (Å²) >= 11 is 0. The Labute approximate surface area is 115 Å². The van der Waals surface area contributed by atoms with Crippen LogP contribution in [0.3, 0.4) is 0 Å². The lowest BCUT2D eigenvalue weighted by Crippen LogP contribution is -2.20. The van der Waals surface area contributed by atoms with Gasteiger partial charge < -0.3 is 9.63 Å². The van der Waals surface area contributed by atoms with Crippen LogP contribution < -0.4 is 0 Å². The number of rotatable bonds is 6. The third-order valence-electron chi connectivity index (χ3n) is 2.83. The van der Waals surface area contributed by atoms with Crippen molar-refractivity contribution in [2.45, 2.75) is 13.0 Å². The van der Waals surface area contributed by atoms with E-state index in [0.717, 1.165) is 5.56 Å². The van der Waals surface area contributed by atoms with Crippen LogP contribution in [-0.4, -0.2) is 34.7 Å². The summed E-state index contributed by atoms with van der Waals surface area (Å²) in [4.78, 5) is 12.3. The highest BCUT2D eigenvalue weighted by Gasteiger charge is 2.10. The number of carboxylic acid groups (broad SMARTS) is 1. The molecule has 0 aliphatic heterocycles. The van der Waals surface area contributed by atoms with Crippen molar-refractivity contribution >= 4 is 5.97 Å². The van der Waals surface area contributed by atoms with Crippen molar-refractivity contribution in [2.75, 3.05) is 13.6 Å². The molecule has 0 aliphatic rings. The number of aliphatic carboxylic acids is 1. The maximum atomic E-state index is 12.8. The Morgan fingerprint density at radius 2 is 2.10 bits per heavy atom. The Morgan fingerprint density at radius 3 is 2.75 bits per heavy atom. The second-order valence-corrected chi connectivity index (χ2v) is 4.57. The standard InChI is InChI=1S/C14H15FN2O3/c1-17(7-6-14(18)19)9-12-8-13(16-20-12)10-2-4-11(15)5-3-10/h2-5,8H,6-7,9H2,1H3,(H,18,19). The summed E-state index contributed by atoms with van der Waals surface area (Å²) in [6.07, 6.45) is 0.0788. The first-order valence-electron chi connectivity index (χ1n) is 6.16. The molecule has 0 unspecified atom stereocenters. The fourth-order valence-corrected chi connectivity index (χ4v) is 1.78. The molecular formula is C14H15FN2O3. The van der Waals surface area contributed by atoms with Crippen LogP contribution >= 0.6 is 0 Å². The molecule has 2 rings (SSSR count). The van der Waals surface area contributed by atoms with Crippen LogP contribution in [0.25, 0.3) is 11.3 Å². The monoisotopic (exact) mass is 278 g/mol. The number of hydrogen-bond donors (Lipinski definition) is 1. The lowest BCUT2D eigenvalue weighted by atomic mass is 10.1. The molecule has 0 saturated carbocycles. The number of carboxylic acids is 1. The second-order valence-electron chi connectivity index (χ2n) is 4.57. The van der Waals surface area contributed by atoms with Crippen molar-refractivity contribution in [1.82, 2.24) is 10.1 Å². The van der Waals surface area contributed by atoms with Gasteiger partial charge in [-0.2, -0.15) is 0 Å². The normalized spacial score (nSPS) is 10.9. The van der Waals surface area contributed by atoms with E-state index >= 15 is 0 Å². The third kappa shape index (κ3) is 3.89. The van der Waals surface area contributed by atoms with Crippen LogP contribution in [0.2, 0.25) is 0 Å². The minimum absolute atomic E-state index is 0.0788. The summed E-state index contributed by atoms with van der Waals surface area (Å²) < 4.78 is 18.0. The fourth-order valence-electron chi connectivity index (χ4n) is 1.78. The van der Waals surface area contributed by atoms with E-state index in [1.807, 2.05) is 11.9 Å². The van der Waals surface area contributed by atoms with E-state index in [1.165, 1.54) is 12.1 Å². The number of benzene rings is 1. The zero-order valence-corrected chi connectivity index (χ0v) is 11.0. The van der Waals surface area contributed by atoms with Gasteiger partial charge in [-0.25, -0.2) is 4.39 Å². The molecule has 0 fully saturated rings. The Hall–Kier alpha value is -2.21. The topological polar surface area (TPSA) is 66.6 Å². The molecule has 6 heteroatoms. The van der Waals surface area contributed by atoms with E-state index in [-0.39, 0.29) is 12.2 Å². The zero-order valence-electron chi connectivity index (χ0n) is 11.0. The van der Waals surface area contributed by atoms with Gasteiger partial charge in [0.2, 0.25) is 0 Å². The Bertz CT molecular complexity index is 580. The van der Waals surface area contributed by atoms with Crippen LogP contribution in [0.15, 0.2) is 34.9 Å². The largest absolute Gasteiger partial charge is 0.481 e. The molecular weight excluding hydrogens is 263 g/mol. The Kier molecular flexibility index (Phi) is 4.47. The summed E-state index contributed by atoms with van der Waals surface area (Å²) in [5.74, 6) is -0.496. The number of carbonyl (C=O) groups is 1. The molecule has 2 aromatic rings. The third-order valence-corrected chi connectivity index (χ3v) is 2.83. The van der Waals surface area contributed by atoms with Gasteiger partial charge in [0.15, 0.2) is 5.76 Å². The van der Waals surface area contributed by atoms with Crippen LogP contribution in [0.5, 0.6) is 0 Å². The van der Waals surface area contributed by atoms with Gasteiger partial charge in [-0.05, 0) is 31.3 Å². The SMILES string of the molecule is CN(CCC(=O)O)Cc1cc(-c2ccc(F)cc2)no1. The van der Waals surface area contributed by atoms with Gasteiger partial charge in [-0.15, -0.1) is 0 Å². The van der Waals surface area contributed by atoms with Crippen molar-refractivity contribution in [2.24, 2.45) is 0 Å². The highest BCUT2D eigenvalue weighted by Crippen LogP contribution is 2.20. The summed E-state index contributed by atoms with van der Waals surface area (Å²) in [6, 6.07) is 7.76. The molecule has 0 saturated heterocycles. The fraction of sp³-hybridized carbons (Fsp3) is 0.286. The van der Waals surface area contributed by atoms with Crippen LogP contribution in [0, 0.1) is 5.82 Å². The molecule has 1 heterocycles. The molecule has 1 aromatic heterocycles. The molecule has 0 radical (unpaired) electrons. The average molecular weight is 278 g/mol. The second kappa shape index (κ2) is 6.29. The van der Waals surface area contributed by atoms with E-state index in [1.54, 1.807) is 18.2 Å². The number of hydrogen-bond acceptors (Lipinski definition) is 4. The molecule has 0 aliphatic carbocycles. The highest BCUT2D eigenvalue weighted by molar-refractivity contribution is 5.66. The quantitative estimate of drug-likeness (QED) is 0.878. The summed E-state index contributed by atoms with van der Waals surface area (Å²) in [5, 5.41) is 12.5. The minimum atomic E-state index is -0.832. The van der Waals surface area contributed by atoms with Crippen LogP contribution in [0.4, 0.5) is 4.39 Å². The van der Waals surface area contributed by atoms with Gasteiger partial charge in [0.1, 0.15) is 11.5 Å². The summed E-state index contributed by atoms with van der Waals surface area (Å²) in [5.41, 5.74) is 1.40. The molecule has 20 heavy (non-hydrogen) atoms. The van der Waals surface area contributed by atoms with E-state index in [9.17, 15) is 9.18 Å². The molecule has 1 N–H and O–H groups in total. The maximum Gasteiger partial charge on any atom is 0.304 e. The molecule has 0 amide bonds. The number of aromatic nitrogens is 1. The maximum absolute atomic E-state index is 12.8. The lowest BCUT2D eigenvalue weighted by molar-refractivity contribution is -0.137. The van der Waals surface area contributed by atoms with Crippen LogP contribution in [0.1, 0.15) is 12.2 Å². The first-order valence-corrected chi connectivity index (χ1v) is 6.16. The summed E-state index contributed by atoms with van der Waals surface area (Å²) in [7, 11) is 1.81. The van der Waals surface area contributed by atoms with Crippen molar-refractivity contribution in [3.8, 4) is 11.3 Å². The first-order chi connectivity index (χ1) is 9.54. The van der Waals surface area contributed by atoms with Crippen molar-refractivity contribution in [3.05, 3.63) is 41.9 Å². The van der Waals surface area contributed by atoms with E-state index in [2.05, 4.69) is 5.16 Å². The van der Waals surface area contributed by atoms with Crippen LogP contribution in [-0.2, 0) is 11.3 Å². The van der Waals surface area contributed by atoms with Gasteiger partial charge in [-0.1, -0.05) is 5.16 Å². The van der Waals surface area contributed by atoms with E-state index in [4.69, 9.17) is 9.63 Å². The Morgan fingerprint density at radius 1 is 1.40 bits per heavy atom. The van der Waals surface area contributed by atoms with Crippen molar-refractivity contribution in [3.63, 3.8) is 0 Å². The molecule has 1 aromatic carbocycles. The average Bonchev–Trinajstić information content (AvgIpc) is 2.85. The molecule has 0 spiro atoms. The van der Waals surface area contributed by atoms with Gasteiger partial charge in [0.25, 0.3) is 0 Å². The summed E-state index contributed by atoms with van der Waals surface area (Å²) in [6.45, 7) is 0.906. The van der Waals surface area contributed by atoms with E-state index in [0.29, 0.717) is 24.5 Å². The molecule has 106 valence electrons. The molecule has 0 atom stereocenters. The number of halogens is 1. The molecule has 0 bridgehead atoms. The first kappa shape index (κ1) is 14.2. The minimum Gasteiger partial charge on any atom is -0.481 e. The van der Waals surface area contributed by atoms with Gasteiger partial charge in [-0.3, -0.25) is 9.69 Å². The van der Waals surface area contributed by atoms with E-state index < -0.39 is 5.97 Å². The van der Waals surface area contributed by atoms with Gasteiger partial charge in [0, 0.05) is 18.2 Å². The predicted octanol–water partition coefficient (Wildman–Crippen LogP) is 2.39.